The van der Waals surface area contributed by atoms with Gasteiger partial charge < -0.3 is 175 Å². The number of aliphatic hydroxyl groups excluding tert-OH is 11. The highest BCUT2D eigenvalue weighted by Crippen LogP contribution is 2.50. The average molecular weight is 2280 g/mol. The Balaban J connectivity index is 1.76. The molecule has 3 rings (SSSR count). The number of phosphoric ester groups is 6. The Morgan fingerprint density at radius 2 is 0.622 bits per heavy atom. The van der Waals surface area contributed by atoms with Crippen LogP contribution in [0.2, 0.25) is 0 Å². The van der Waals surface area contributed by atoms with Crippen LogP contribution >= 0.6 is 46.9 Å². The van der Waals surface area contributed by atoms with Crippen LogP contribution < -0.4 is 28.3 Å². The van der Waals surface area contributed by atoms with Crippen LogP contribution in [0.25, 0.3) is 0 Å². The number of hydrogen-bond donors (Lipinski definition) is 22. The maximum absolute atomic E-state index is 13.8. The zero-order valence-corrected chi connectivity index (χ0v) is 89.2. The lowest BCUT2D eigenvalue weighted by Crippen LogP contribution is -2.65. The van der Waals surface area contributed by atoms with Crippen LogP contribution in [0.5, 0.6) is 0 Å². The predicted octanol–water partition coefficient (Wildman–Crippen LogP) is -1.01. The SMILES string of the molecule is CCCCCCCCCCCCCC(=O)OC[C@H](COCO[C@@H]1O[C@H](CO[C@@H]2O[C@H](COP(=O)(O)OC[C@H](COP(=O)(O)OCC(COP(=O)(O)OCC(COP(=O)(O)OCC(COP(=O)(O)OC[C@H](COP(=O)(O)OC[C@@H](O)CO)OC(=O)[C@H](C)N)OC(=O)[C@H](C)N)OC(=O)[C@H](C)N)OC(=O)[C@H](C)N)O[C@H]3O[C@H](CO)[C@@H](O)[C@H](O)[C@H]3NC(C)=O)[C@@H](O)[C@H](O)[C@H]2O)[C@@H](O)[C@H](O)[C@H]1O)OC(=O)CCCCCCCCCCCCC. The standard InChI is InChI=1S/C82H157N5O55P6/c1-8-10-12-14-16-18-20-22-24-26-28-30-65(92)119-36-56(134-66(93)31-29-27-25-23-21-19-17-15-13-11-9-2)35-118-49-121-82-75(101)72(98)69(95)63(141-82)47-120-81-74(100)73(99)70(96)64(142-81)48-133-148(116,117)132-46-61(139-80-67(87-54(7)90)71(97)68(94)62(33-89)140-80)45-131-147(114,115)130-44-60(138-79(105)53(6)86)43-129-146(112,113)128-42-59(137-78(104)52(5)85)41-127-145(110,111)126-40-58(136-77(103)51(4)84)39-125-144(108,109)124-38-57(135-76(102)50(3)83)37-123-143(106,107)122-34-55(91)32-88/h50-53,55-64,67-75,80-82,88-89,91,94-101H,8-49,83-86H2,1-7H3,(H,87,90)(H,106,107)(H,108,109)(H,110,111)(H,112,113)(H,114,115)(H,116,117)/t50-,51-,52-,53-,55-,56-,57-,58?,59?,60?,61-,62+,63+,64+,67+,68+,69+,70+,71+,72-,73-,74+,75+,80-,81+,82+/m0/s1. The lowest BCUT2D eigenvalue weighted by atomic mass is 9.97. The fourth-order valence-electron chi connectivity index (χ4n) is 13.2. The van der Waals surface area contributed by atoms with E-state index in [0.29, 0.717) is 12.8 Å². The molecule has 870 valence electrons. The summed E-state index contributed by atoms with van der Waals surface area (Å²) < 4.78 is 209. The number of ether oxygens (including phenoxy) is 13. The Hall–Kier alpha value is -3.93. The van der Waals surface area contributed by atoms with Crippen LogP contribution in [0.15, 0.2) is 0 Å². The van der Waals surface area contributed by atoms with Gasteiger partial charge in [0.25, 0.3) is 0 Å². The third kappa shape index (κ3) is 58.9. The highest BCUT2D eigenvalue weighted by Gasteiger charge is 2.51. The lowest BCUT2D eigenvalue weighted by molar-refractivity contribution is -0.338. The van der Waals surface area contributed by atoms with Gasteiger partial charge in [0.1, 0.15) is 147 Å². The van der Waals surface area contributed by atoms with Crippen LogP contribution in [-0.2, 0) is 177 Å². The second-order valence-corrected chi connectivity index (χ2v) is 43.9. The molecule has 0 saturated carbocycles. The van der Waals surface area contributed by atoms with Gasteiger partial charge in [-0.2, -0.15) is 0 Å². The van der Waals surface area contributed by atoms with E-state index in [1.807, 2.05) is 0 Å². The first-order valence-electron chi connectivity index (χ1n) is 48.4. The van der Waals surface area contributed by atoms with E-state index in [1.54, 1.807) is 0 Å². The highest BCUT2D eigenvalue weighted by atomic mass is 31.2. The number of nitrogens with one attached hydrogen (secondary N) is 1. The number of aliphatic hydroxyl groups is 11. The maximum Gasteiger partial charge on any atom is 0.472 e. The summed E-state index contributed by atoms with van der Waals surface area (Å²) in [5.74, 6) is -7.23. The molecule has 1 amide bonds. The molecule has 3 aliphatic heterocycles. The van der Waals surface area contributed by atoms with Crippen molar-refractivity contribution in [3.8, 4) is 0 Å². The van der Waals surface area contributed by atoms with Crippen LogP contribution in [0.3, 0.4) is 0 Å². The van der Waals surface area contributed by atoms with Gasteiger partial charge in [-0.05, 0) is 40.5 Å². The van der Waals surface area contributed by atoms with E-state index in [-0.39, 0.29) is 19.4 Å². The van der Waals surface area contributed by atoms with Crippen molar-refractivity contribution in [3.05, 3.63) is 0 Å². The van der Waals surface area contributed by atoms with E-state index in [9.17, 15) is 141 Å². The minimum absolute atomic E-state index is 0.0747. The predicted molar refractivity (Wildman–Crippen MR) is 502 cm³/mol. The van der Waals surface area contributed by atoms with E-state index in [4.69, 9.17) is 135 Å². The van der Waals surface area contributed by atoms with Crippen molar-refractivity contribution >= 4 is 88.7 Å². The van der Waals surface area contributed by atoms with Crippen LogP contribution in [-0.4, -0.2) is 405 Å². The molecule has 26 N–H and O–H groups in total. The molecule has 0 aromatic carbocycles. The Kier molecular flexibility index (Phi) is 68.1. The molecule has 3 saturated heterocycles. The number of nitrogens with two attached hydrogens (primary N) is 4. The van der Waals surface area contributed by atoms with Gasteiger partial charge in [-0.1, -0.05) is 142 Å². The number of hydrogen-bond acceptors (Lipinski definition) is 53. The Labute approximate surface area is 856 Å². The summed E-state index contributed by atoms with van der Waals surface area (Å²) in [6.07, 6.45) is -17.6. The zero-order chi connectivity index (χ0) is 111. The Morgan fingerprint density at radius 1 is 0.331 bits per heavy atom. The molecule has 0 bridgehead atoms. The van der Waals surface area contributed by atoms with Gasteiger partial charge in [0.2, 0.25) is 5.91 Å². The molecule has 32 atom stereocenters. The van der Waals surface area contributed by atoms with Gasteiger partial charge in [0.05, 0.1) is 106 Å². The zero-order valence-electron chi connectivity index (χ0n) is 83.8. The van der Waals surface area contributed by atoms with Gasteiger partial charge in [-0.3, -0.25) is 87.8 Å². The minimum atomic E-state index is -5.76. The number of carbonyl (C=O) groups is 7. The molecule has 0 aromatic heterocycles. The smallest absolute Gasteiger partial charge is 0.462 e. The first-order chi connectivity index (χ1) is 69.5. The first kappa shape index (κ1) is 138. The largest absolute Gasteiger partial charge is 0.472 e. The molecule has 9 unspecified atom stereocenters. The first-order valence-corrected chi connectivity index (χ1v) is 57.4. The van der Waals surface area contributed by atoms with Crippen LogP contribution in [0.1, 0.15) is 203 Å². The van der Waals surface area contributed by atoms with Crippen molar-refractivity contribution in [2.45, 2.75) is 362 Å². The number of rotatable bonds is 84. The number of unbranched alkanes of at least 4 members (excludes halogenated alkanes) is 20. The van der Waals surface area contributed by atoms with Gasteiger partial charge >= 0.3 is 82.8 Å². The molecular formula is C82H157N5O55P6. The Morgan fingerprint density at radius 3 is 0.953 bits per heavy atom. The number of esters is 6. The lowest BCUT2D eigenvalue weighted by Gasteiger charge is -2.43. The summed E-state index contributed by atoms with van der Waals surface area (Å²) in [5.41, 5.74) is 22.3. The molecule has 0 aliphatic carbocycles. The van der Waals surface area contributed by atoms with Gasteiger partial charge in [0, 0.05) is 19.8 Å². The van der Waals surface area contributed by atoms with E-state index in [1.165, 1.54) is 64.2 Å². The third-order valence-electron chi connectivity index (χ3n) is 21.6. The molecule has 0 radical (unpaired) electrons. The molecule has 0 aromatic rings. The van der Waals surface area contributed by atoms with Crippen LogP contribution in [0, 0.1) is 0 Å². The van der Waals surface area contributed by atoms with E-state index >= 15 is 0 Å². The Bertz CT molecular complexity index is 4070. The molecule has 60 nitrogen and oxygen atoms in total. The molecular weight excluding hydrogens is 2120 g/mol. The van der Waals surface area contributed by atoms with E-state index < -0.39 is 360 Å². The average Bonchev–Trinajstić information content (AvgIpc) is 0.801. The summed E-state index contributed by atoms with van der Waals surface area (Å²) in [6, 6.07) is -7.71. The molecule has 3 aliphatic rings. The quantitative estimate of drug-likeness (QED) is 0.0114. The van der Waals surface area contributed by atoms with Crippen molar-refractivity contribution in [2.75, 3.05) is 119 Å². The topological polar surface area (TPSA) is 913 Å². The molecule has 66 heteroatoms. The highest BCUT2D eigenvalue weighted by molar-refractivity contribution is 7.48. The second kappa shape index (κ2) is 72.9. The van der Waals surface area contributed by atoms with E-state index in [2.05, 4.69) is 28.2 Å². The van der Waals surface area contributed by atoms with Crippen molar-refractivity contribution < 1.29 is 262 Å². The normalized spacial score (nSPS) is 26.0. The summed E-state index contributed by atoms with van der Waals surface area (Å²) in [5, 5.41) is 119. The summed E-state index contributed by atoms with van der Waals surface area (Å²) in [7, 11) is -33.3. The van der Waals surface area contributed by atoms with Gasteiger partial charge in [-0.15, -0.1) is 0 Å². The minimum Gasteiger partial charge on any atom is -0.462 e. The van der Waals surface area contributed by atoms with E-state index in [0.717, 1.165) is 98.8 Å². The maximum atomic E-state index is 13.8. The number of amides is 1. The molecule has 3 heterocycles. The second-order valence-electron chi connectivity index (χ2n) is 35.2. The van der Waals surface area contributed by atoms with Crippen LogP contribution in [0.4, 0.5) is 0 Å². The van der Waals surface area contributed by atoms with Crippen molar-refractivity contribution in [2.24, 2.45) is 22.9 Å². The molecule has 0 spiro atoms. The third-order valence-corrected chi connectivity index (χ3v) is 27.3. The number of carbonyl (C=O) groups excluding carboxylic acids is 7. The van der Waals surface area contributed by atoms with Crippen molar-refractivity contribution in [3.63, 3.8) is 0 Å². The number of phosphoric acid groups is 6. The van der Waals surface area contributed by atoms with Crippen molar-refractivity contribution in [1.82, 2.24) is 5.32 Å². The fraction of sp³-hybridized carbons (Fsp3) is 0.915. The molecule has 148 heavy (non-hydrogen) atoms. The fourth-order valence-corrected chi connectivity index (χ4v) is 17.9. The van der Waals surface area contributed by atoms with Gasteiger partial charge in [-0.25, -0.2) is 27.4 Å². The summed E-state index contributed by atoms with van der Waals surface area (Å²) in [4.78, 5) is 153. The monoisotopic (exact) mass is 2280 g/mol. The summed E-state index contributed by atoms with van der Waals surface area (Å²) >= 11 is 0. The molecule has 3 fully saturated rings. The summed E-state index contributed by atoms with van der Waals surface area (Å²) in [6.45, 7) is -10.2. The van der Waals surface area contributed by atoms with Crippen molar-refractivity contribution in [1.29, 1.82) is 0 Å². The van der Waals surface area contributed by atoms with Gasteiger partial charge in [0.15, 0.2) is 25.0 Å².